The summed E-state index contributed by atoms with van der Waals surface area (Å²) < 4.78 is 0.256. The Morgan fingerprint density at radius 3 is 2.32 bits per heavy atom. The van der Waals surface area contributed by atoms with Crippen molar-refractivity contribution in [3.8, 4) is 11.1 Å². The van der Waals surface area contributed by atoms with Crippen molar-refractivity contribution < 1.29 is 0 Å². The number of nitrogens with one attached hydrogen (secondary N) is 2. The zero-order valence-electron chi connectivity index (χ0n) is 16.3. The second-order valence-electron chi connectivity index (χ2n) is 7.53. The number of hydrogen-bond acceptors (Lipinski definition) is 3. The summed E-state index contributed by atoms with van der Waals surface area (Å²) in [6.07, 6.45) is 4.85. The molecule has 0 atom stereocenters. The van der Waals surface area contributed by atoms with Crippen LogP contribution in [0.2, 0.25) is 10.0 Å². The molecular formula is C24H17Cl2N3OS. The summed E-state index contributed by atoms with van der Waals surface area (Å²) in [6.45, 7) is 0. The fraction of sp³-hybridized carbons (Fsp3) is 0.125. The van der Waals surface area contributed by atoms with Gasteiger partial charge in [-0.15, -0.1) is 0 Å². The highest BCUT2D eigenvalue weighted by atomic mass is 35.5. The molecule has 4 nitrogen and oxygen atoms in total. The van der Waals surface area contributed by atoms with Crippen LogP contribution in [0.25, 0.3) is 33.8 Å². The van der Waals surface area contributed by atoms with Crippen LogP contribution >= 0.6 is 35.4 Å². The lowest BCUT2D eigenvalue weighted by atomic mass is 9.84. The van der Waals surface area contributed by atoms with Crippen molar-refractivity contribution in [2.75, 3.05) is 0 Å². The number of halogens is 2. The van der Waals surface area contributed by atoms with Crippen LogP contribution < -0.4 is 5.56 Å². The van der Waals surface area contributed by atoms with Crippen molar-refractivity contribution in [2.24, 2.45) is 0 Å². The predicted octanol–water partition coefficient (Wildman–Crippen LogP) is 6.83. The zero-order chi connectivity index (χ0) is 21.5. The van der Waals surface area contributed by atoms with Gasteiger partial charge in [-0.3, -0.25) is 9.78 Å². The third-order valence-corrected chi connectivity index (χ3v) is 6.21. The molecule has 0 aliphatic heterocycles. The van der Waals surface area contributed by atoms with E-state index in [9.17, 15) is 4.79 Å². The van der Waals surface area contributed by atoms with Gasteiger partial charge in [-0.1, -0.05) is 47.5 Å². The lowest BCUT2D eigenvalue weighted by Crippen LogP contribution is -2.15. The maximum absolute atomic E-state index is 12.9. The summed E-state index contributed by atoms with van der Waals surface area (Å²) in [7, 11) is 0. The van der Waals surface area contributed by atoms with E-state index in [2.05, 4.69) is 16.0 Å². The molecule has 4 aromatic rings. The van der Waals surface area contributed by atoms with E-state index in [1.807, 2.05) is 48.5 Å². The first kappa shape index (κ1) is 20.2. The number of nitrogens with zero attached hydrogens (tertiary/aromatic N) is 1. The summed E-state index contributed by atoms with van der Waals surface area (Å²) in [6, 6.07) is 15.3. The summed E-state index contributed by atoms with van der Waals surface area (Å²) in [5, 5.41) is 1.86. The number of allylic oxidation sites excluding steroid dienone is 1. The number of hydrogen-bond donors (Lipinski definition) is 2. The summed E-state index contributed by atoms with van der Waals surface area (Å²) >= 11 is 17.4. The highest BCUT2D eigenvalue weighted by molar-refractivity contribution is 7.71. The van der Waals surface area contributed by atoms with Gasteiger partial charge in [-0.25, -0.2) is 4.98 Å². The molecule has 2 aromatic heterocycles. The van der Waals surface area contributed by atoms with Crippen LogP contribution in [-0.2, 0) is 6.42 Å². The van der Waals surface area contributed by atoms with E-state index in [-0.39, 0.29) is 10.3 Å². The lowest BCUT2D eigenvalue weighted by molar-refractivity contribution is 0.815. The number of rotatable bonds is 2. The van der Waals surface area contributed by atoms with Gasteiger partial charge in [-0.05, 0) is 84.1 Å². The van der Waals surface area contributed by atoms with E-state index >= 15 is 0 Å². The van der Waals surface area contributed by atoms with Crippen LogP contribution in [0.4, 0.5) is 0 Å². The fourth-order valence-corrected chi connectivity index (χ4v) is 4.60. The van der Waals surface area contributed by atoms with E-state index in [0.717, 1.165) is 52.8 Å². The van der Waals surface area contributed by atoms with Crippen LogP contribution in [0, 0.1) is 4.77 Å². The maximum Gasteiger partial charge on any atom is 0.261 e. The standard InChI is InChI=1S/C24H17Cl2N3OS/c25-16-8-4-13(5-9-16)12-15-2-1-3-18-19(14-6-10-17(26)11-7-14)20-22(27-21(15)18)28-24(31)29-23(20)30/h4-12H,1-3H2,(H2,27,28,29,30,31)/b15-12+. The van der Waals surface area contributed by atoms with Crippen molar-refractivity contribution in [1.82, 2.24) is 15.0 Å². The molecule has 154 valence electrons. The van der Waals surface area contributed by atoms with Gasteiger partial charge in [0, 0.05) is 15.6 Å². The second-order valence-corrected chi connectivity index (χ2v) is 8.81. The molecule has 0 amide bonds. The summed E-state index contributed by atoms with van der Waals surface area (Å²) in [5.74, 6) is 0. The molecular weight excluding hydrogens is 449 g/mol. The van der Waals surface area contributed by atoms with E-state index in [4.69, 9.17) is 40.4 Å². The second kappa shape index (κ2) is 8.08. The Balaban J connectivity index is 1.83. The minimum absolute atomic E-state index is 0.243. The molecule has 0 spiro atoms. The lowest BCUT2D eigenvalue weighted by Gasteiger charge is -2.23. The van der Waals surface area contributed by atoms with Gasteiger partial charge in [0.15, 0.2) is 4.77 Å². The Bertz CT molecular complexity index is 1450. The number of pyridine rings is 1. The van der Waals surface area contributed by atoms with Crippen molar-refractivity contribution >= 4 is 58.1 Å². The molecule has 5 rings (SSSR count). The zero-order valence-corrected chi connectivity index (χ0v) is 18.7. The quantitative estimate of drug-likeness (QED) is 0.318. The van der Waals surface area contributed by atoms with Crippen LogP contribution in [0.3, 0.4) is 0 Å². The number of benzene rings is 2. The Morgan fingerprint density at radius 2 is 1.61 bits per heavy atom. The van der Waals surface area contributed by atoms with Crippen LogP contribution in [0.15, 0.2) is 53.3 Å². The van der Waals surface area contributed by atoms with Gasteiger partial charge in [-0.2, -0.15) is 0 Å². The van der Waals surface area contributed by atoms with Crippen LogP contribution in [0.1, 0.15) is 29.7 Å². The Hall–Kier alpha value is -2.73. The van der Waals surface area contributed by atoms with Gasteiger partial charge < -0.3 is 4.98 Å². The Morgan fingerprint density at radius 1 is 0.935 bits per heavy atom. The average Bonchev–Trinajstić information content (AvgIpc) is 2.75. The third kappa shape index (κ3) is 3.85. The van der Waals surface area contributed by atoms with Crippen LogP contribution in [0.5, 0.6) is 0 Å². The number of aromatic amines is 2. The van der Waals surface area contributed by atoms with Gasteiger partial charge in [0.05, 0.1) is 11.1 Å². The van der Waals surface area contributed by atoms with Gasteiger partial charge >= 0.3 is 0 Å². The minimum atomic E-state index is -0.243. The van der Waals surface area contributed by atoms with Crippen molar-refractivity contribution in [3.05, 3.63) is 90.5 Å². The first-order valence-corrected chi connectivity index (χ1v) is 11.1. The van der Waals surface area contributed by atoms with Gasteiger partial charge in [0.1, 0.15) is 5.65 Å². The molecule has 7 heteroatoms. The summed E-state index contributed by atoms with van der Waals surface area (Å²) in [5.41, 5.74) is 6.20. The van der Waals surface area contributed by atoms with E-state index in [1.165, 1.54) is 0 Å². The maximum atomic E-state index is 12.9. The average molecular weight is 466 g/mol. The van der Waals surface area contributed by atoms with Gasteiger partial charge in [0.25, 0.3) is 5.56 Å². The van der Waals surface area contributed by atoms with E-state index < -0.39 is 0 Å². The Labute approximate surface area is 193 Å². The molecule has 0 bridgehead atoms. The monoisotopic (exact) mass is 465 g/mol. The van der Waals surface area contributed by atoms with E-state index in [1.54, 1.807) is 0 Å². The topological polar surface area (TPSA) is 61.5 Å². The van der Waals surface area contributed by atoms with Gasteiger partial charge in [0.2, 0.25) is 0 Å². The molecule has 2 heterocycles. The largest absolute Gasteiger partial charge is 0.316 e. The smallest absolute Gasteiger partial charge is 0.261 e. The first-order chi connectivity index (χ1) is 15.0. The number of aromatic nitrogens is 3. The summed E-state index contributed by atoms with van der Waals surface area (Å²) in [4.78, 5) is 23.6. The molecule has 31 heavy (non-hydrogen) atoms. The molecule has 2 aromatic carbocycles. The molecule has 0 radical (unpaired) electrons. The number of H-pyrrole nitrogens is 2. The molecule has 0 fully saturated rings. The predicted molar refractivity (Wildman–Crippen MR) is 130 cm³/mol. The fourth-order valence-electron chi connectivity index (χ4n) is 4.16. The van der Waals surface area contributed by atoms with Crippen molar-refractivity contribution in [1.29, 1.82) is 0 Å². The highest BCUT2D eigenvalue weighted by Gasteiger charge is 2.24. The highest BCUT2D eigenvalue weighted by Crippen LogP contribution is 2.39. The normalized spacial score (nSPS) is 14.7. The minimum Gasteiger partial charge on any atom is -0.316 e. The molecule has 2 N–H and O–H groups in total. The van der Waals surface area contributed by atoms with Crippen molar-refractivity contribution in [3.63, 3.8) is 0 Å². The molecule has 1 aliphatic rings. The molecule has 0 saturated heterocycles. The third-order valence-electron chi connectivity index (χ3n) is 5.50. The van der Waals surface area contributed by atoms with E-state index in [0.29, 0.717) is 21.1 Å². The molecule has 1 aliphatic carbocycles. The van der Waals surface area contributed by atoms with Crippen LogP contribution in [-0.4, -0.2) is 15.0 Å². The molecule has 0 unspecified atom stereocenters. The SMILES string of the molecule is O=c1[nH]c(=S)[nH]c2nc3c(c(-c4ccc(Cl)cc4)c12)CCC/C3=C\c1ccc(Cl)cc1. The number of fused-ring (bicyclic) bond motifs is 2. The first-order valence-electron chi connectivity index (χ1n) is 9.91. The molecule has 0 saturated carbocycles. The van der Waals surface area contributed by atoms with Crippen molar-refractivity contribution in [2.45, 2.75) is 19.3 Å². The Kier molecular flexibility index (Phi) is 5.26.